The molecule has 1 radical (unpaired) electrons. The van der Waals surface area contributed by atoms with Crippen molar-refractivity contribution in [3.05, 3.63) is 48.0 Å². The molecule has 0 saturated heterocycles. The Balaban J connectivity index is 2.79. The number of hydrogen-bond donors (Lipinski definition) is 1. The maximum atomic E-state index is 11.5. The minimum Gasteiger partial charge on any atom is -0.369 e. The van der Waals surface area contributed by atoms with Crippen LogP contribution in [0.25, 0.3) is 10.8 Å². The largest absolute Gasteiger partial charge is 0.369 e. The summed E-state index contributed by atoms with van der Waals surface area (Å²) in [6, 6.07) is 13.0. The molecule has 0 aliphatic carbocycles. The standard InChI is InChI=1S/C14H12NO2/c1-14(9-16,13(15)17)12-8-4-6-10-5-2-3-7-11(10)12/h2-8H,1H3,(H2,15,17). The Bertz CT molecular complexity index is 586. The summed E-state index contributed by atoms with van der Waals surface area (Å²) in [5.41, 5.74) is 4.50. The minimum absolute atomic E-state index is 0.595. The molecule has 3 nitrogen and oxygen atoms in total. The second kappa shape index (κ2) is 4.01. The lowest BCUT2D eigenvalue weighted by molar-refractivity contribution is -0.120. The maximum absolute atomic E-state index is 11.5. The Morgan fingerprint density at radius 1 is 1.18 bits per heavy atom. The van der Waals surface area contributed by atoms with Crippen molar-refractivity contribution >= 4 is 23.0 Å². The topological polar surface area (TPSA) is 60.2 Å². The van der Waals surface area contributed by atoms with E-state index in [1.54, 1.807) is 18.4 Å². The number of benzene rings is 2. The van der Waals surface area contributed by atoms with Crippen LogP contribution in [0.4, 0.5) is 0 Å². The van der Waals surface area contributed by atoms with Gasteiger partial charge in [-0.15, -0.1) is 0 Å². The summed E-state index contributed by atoms with van der Waals surface area (Å²) in [4.78, 5) is 22.5. The summed E-state index contributed by atoms with van der Waals surface area (Å²) in [5, 5.41) is 1.81. The van der Waals surface area contributed by atoms with Gasteiger partial charge < -0.3 is 5.73 Å². The van der Waals surface area contributed by atoms with Crippen molar-refractivity contribution in [1.82, 2.24) is 0 Å². The van der Waals surface area contributed by atoms with Gasteiger partial charge in [-0.05, 0) is 23.3 Å². The van der Waals surface area contributed by atoms with Crippen LogP contribution >= 0.6 is 0 Å². The van der Waals surface area contributed by atoms with Crippen LogP contribution in [-0.2, 0) is 15.0 Å². The maximum Gasteiger partial charge on any atom is 0.235 e. The Hall–Kier alpha value is -2.16. The zero-order valence-electron chi connectivity index (χ0n) is 9.44. The lowest BCUT2D eigenvalue weighted by Crippen LogP contribution is -2.40. The molecule has 1 amide bonds. The van der Waals surface area contributed by atoms with E-state index < -0.39 is 11.3 Å². The van der Waals surface area contributed by atoms with Gasteiger partial charge >= 0.3 is 0 Å². The van der Waals surface area contributed by atoms with Gasteiger partial charge in [0.15, 0.2) is 0 Å². The molecule has 0 saturated carbocycles. The molecule has 0 spiro atoms. The van der Waals surface area contributed by atoms with Gasteiger partial charge in [-0.1, -0.05) is 42.5 Å². The van der Waals surface area contributed by atoms with Crippen molar-refractivity contribution in [2.24, 2.45) is 5.73 Å². The number of primary amides is 1. The Morgan fingerprint density at radius 2 is 1.82 bits per heavy atom. The molecule has 2 N–H and O–H groups in total. The fourth-order valence-electron chi connectivity index (χ4n) is 1.90. The number of nitrogens with two attached hydrogens (primary N) is 1. The van der Waals surface area contributed by atoms with Gasteiger partial charge in [0.1, 0.15) is 5.41 Å². The normalized spacial score (nSPS) is 14.2. The molecule has 0 fully saturated rings. The zero-order chi connectivity index (χ0) is 12.5. The monoisotopic (exact) mass is 226 g/mol. The molecule has 2 aromatic carbocycles. The van der Waals surface area contributed by atoms with Gasteiger partial charge in [0.2, 0.25) is 12.2 Å². The molecule has 0 aromatic heterocycles. The summed E-state index contributed by atoms with van der Waals surface area (Å²) < 4.78 is 0. The van der Waals surface area contributed by atoms with E-state index in [2.05, 4.69) is 0 Å². The first-order valence-corrected chi connectivity index (χ1v) is 5.27. The second-order valence-electron chi connectivity index (χ2n) is 4.12. The average Bonchev–Trinajstić information content (AvgIpc) is 2.37. The van der Waals surface area contributed by atoms with Crippen LogP contribution in [0.5, 0.6) is 0 Å². The molecule has 1 atom stereocenters. The second-order valence-corrected chi connectivity index (χ2v) is 4.12. The number of hydrogen-bond acceptors (Lipinski definition) is 2. The van der Waals surface area contributed by atoms with E-state index in [0.29, 0.717) is 5.56 Å². The van der Waals surface area contributed by atoms with E-state index in [-0.39, 0.29) is 0 Å². The molecule has 17 heavy (non-hydrogen) atoms. The molecule has 0 aliphatic rings. The van der Waals surface area contributed by atoms with Gasteiger partial charge in [0, 0.05) is 0 Å². The molecule has 3 heteroatoms. The highest BCUT2D eigenvalue weighted by atomic mass is 16.2. The molecular formula is C14H12NO2. The first-order chi connectivity index (χ1) is 8.09. The first-order valence-electron chi connectivity index (χ1n) is 5.27. The highest BCUT2D eigenvalue weighted by Gasteiger charge is 2.35. The molecular weight excluding hydrogens is 214 g/mol. The summed E-state index contributed by atoms with van der Waals surface area (Å²) in [5.74, 6) is -0.691. The number of carbonyl (C=O) groups excluding carboxylic acids is 2. The van der Waals surface area contributed by atoms with E-state index in [4.69, 9.17) is 5.73 Å². The van der Waals surface area contributed by atoms with E-state index >= 15 is 0 Å². The average molecular weight is 226 g/mol. The van der Waals surface area contributed by atoms with Crippen molar-refractivity contribution in [3.8, 4) is 0 Å². The van der Waals surface area contributed by atoms with E-state index in [0.717, 1.165) is 10.8 Å². The predicted octanol–water partition coefficient (Wildman–Crippen LogP) is 1.69. The van der Waals surface area contributed by atoms with Crippen LogP contribution in [0.1, 0.15) is 12.5 Å². The van der Waals surface area contributed by atoms with Crippen LogP contribution < -0.4 is 5.73 Å². The van der Waals surface area contributed by atoms with Crippen LogP contribution in [-0.4, -0.2) is 12.2 Å². The number of carbonyl (C=O) groups is 1. The van der Waals surface area contributed by atoms with Crippen LogP contribution in [0.2, 0.25) is 0 Å². The number of amides is 1. The van der Waals surface area contributed by atoms with Crippen LogP contribution in [0.15, 0.2) is 42.5 Å². The summed E-state index contributed by atoms with van der Waals surface area (Å²) >= 11 is 0. The van der Waals surface area contributed by atoms with Gasteiger partial charge in [-0.3, -0.25) is 9.59 Å². The van der Waals surface area contributed by atoms with Crippen molar-refractivity contribution in [1.29, 1.82) is 0 Å². The van der Waals surface area contributed by atoms with E-state index in [9.17, 15) is 9.59 Å². The Kier molecular flexibility index (Phi) is 2.68. The SMILES string of the molecule is CC([C]=O)(C(N)=O)c1cccc2ccccc12. The highest BCUT2D eigenvalue weighted by molar-refractivity contribution is 6.06. The summed E-state index contributed by atoms with van der Waals surface area (Å²) in [6.07, 6.45) is 1.76. The van der Waals surface area contributed by atoms with Gasteiger partial charge in [-0.25, -0.2) is 0 Å². The van der Waals surface area contributed by atoms with Crippen LogP contribution in [0, 0.1) is 0 Å². The summed E-state index contributed by atoms with van der Waals surface area (Å²) in [7, 11) is 0. The molecule has 85 valence electrons. The van der Waals surface area contributed by atoms with Gasteiger partial charge in [0.25, 0.3) is 0 Å². The molecule has 2 rings (SSSR count). The highest BCUT2D eigenvalue weighted by Crippen LogP contribution is 2.28. The van der Waals surface area contributed by atoms with Crippen molar-refractivity contribution in [2.75, 3.05) is 0 Å². The number of fused-ring (bicyclic) bond motifs is 1. The van der Waals surface area contributed by atoms with Gasteiger partial charge in [0.05, 0.1) is 0 Å². The molecule has 0 aliphatic heterocycles. The third kappa shape index (κ3) is 1.69. The Labute approximate surface area is 99.2 Å². The summed E-state index contributed by atoms with van der Waals surface area (Å²) in [6.45, 7) is 1.49. The third-order valence-corrected chi connectivity index (χ3v) is 3.03. The fraction of sp³-hybridized carbons (Fsp3) is 0.143. The lowest BCUT2D eigenvalue weighted by Gasteiger charge is -2.20. The molecule has 2 aromatic rings. The quantitative estimate of drug-likeness (QED) is 0.809. The van der Waals surface area contributed by atoms with Crippen molar-refractivity contribution in [2.45, 2.75) is 12.3 Å². The lowest BCUT2D eigenvalue weighted by atomic mass is 9.80. The van der Waals surface area contributed by atoms with Gasteiger partial charge in [-0.2, -0.15) is 0 Å². The van der Waals surface area contributed by atoms with Crippen molar-refractivity contribution in [3.63, 3.8) is 0 Å². The smallest absolute Gasteiger partial charge is 0.235 e. The zero-order valence-corrected chi connectivity index (χ0v) is 9.44. The molecule has 0 bridgehead atoms. The minimum atomic E-state index is -1.40. The van der Waals surface area contributed by atoms with E-state index in [1.807, 2.05) is 30.3 Å². The molecule has 1 unspecified atom stereocenters. The third-order valence-electron chi connectivity index (χ3n) is 3.03. The predicted molar refractivity (Wildman–Crippen MR) is 66.2 cm³/mol. The fourth-order valence-corrected chi connectivity index (χ4v) is 1.90. The van der Waals surface area contributed by atoms with E-state index in [1.165, 1.54) is 6.92 Å². The first kappa shape index (κ1) is 11.3. The van der Waals surface area contributed by atoms with Crippen LogP contribution in [0.3, 0.4) is 0 Å². The van der Waals surface area contributed by atoms with Crippen molar-refractivity contribution < 1.29 is 9.59 Å². The number of rotatable bonds is 3. The molecule has 0 heterocycles. The Morgan fingerprint density at radius 3 is 2.47 bits per heavy atom.